The molecule has 2 aromatic heterocycles. The molecule has 3 N–H and O–H groups in total. The van der Waals surface area contributed by atoms with Gasteiger partial charge in [-0.25, -0.2) is 0 Å². The predicted molar refractivity (Wildman–Crippen MR) is 115 cm³/mol. The van der Waals surface area contributed by atoms with E-state index in [0.717, 1.165) is 28.2 Å². The van der Waals surface area contributed by atoms with Gasteiger partial charge in [0.05, 0.1) is 18.6 Å². The van der Waals surface area contributed by atoms with Crippen LogP contribution >= 0.6 is 23.1 Å². The van der Waals surface area contributed by atoms with Crippen molar-refractivity contribution in [3.63, 3.8) is 0 Å². The van der Waals surface area contributed by atoms with E-state index in [1.54, 1.807) is 6.07 Å². The molecule has 3 rings (SSSR count). The summed E-state index contributed by atoms with van der Waals surface area (Å²) in [7, 11) is 0. The van der Waals surface area contributed by atoms with Gasteiger partial charge in [-0.1, -0.05) is 40.8 Å². The van der Waals surface area contributed by atoms with Crippen LogP contribution < -0.4 is 16.0 Å². The summed E-state index contributed by atoms with van der Waals surface area (Å²) in [6.07, 6.45) is 1.37. The Morgan fingerprint density at radius 3 is 2.67 bits per heavy atom. The molecule has 0 unspecified atom stereocenters. The molecule has 11 heteroatoms. The van der Waals surface area contributed by atoms with Crippen LogP contribution in [-0.2, 0) is 9.59 Å². The van der Waals surface area contributed by atoms with Crippen LogP contribution in [0.25, 0.3) is 0 Å². The Morgan fingerprint density at radius 2 is 1.93 bits per heavy atom. The molecule has 0 fully saturated rings. The number of thioether (sulfide) groups is 1. The van der Waals surface area contributed by atoms with E-state index in [1.165, 1.54) is 24.1 Å². The second-order valence-corrected chi connectivity index (χ2v) is 8.44. The van der Waals surface area contributed by atoms with E-state index in [1.807, 2.05) is 32.0 Å². The maximum atomic E-state index is 12.2. The smallest absolute Gasteiger partial charge is 0.287 e. The molecule has 3 amide bonds. The fraction of sp³-hybridized carbons (Fsp3) is 0.211. The number of benzene rings is 1. The van der Waals surface area contributed by atoms with E-state index in [2.05, 4.69) is 26.1 Å². The molecule has 3 aromatic rings. The first kappa shape index (κ1) is 21.5. The Hall–Kier alpha value is -3.18. The molecule has 0 aliphatic carbocycles. The Balaban J connectivity index is 1.42. The molecule has 0 aliphatic rings. The van der Waals surface area contributed by atoms with Crippen molar-refractivity contribution in [1.29, 1.82) is 0 Å². The van der Waals surface area contributed by atoms with Crippen molar-refractivity contribution in [3.8, 4) is 0 Å². The minimum Gasteiger partial charge on any atom is -0.459 e. The fourth-order valence-corrected chi connectivity index (χ4v) is 3.97. The molecule has 0 saturated heterocycles. The van der Waals surface area contributed by atoms with Gasteiger partial charge in [-0.2, -0.15) is 0 Å². The largest absolute Gasteiger partial charge is 0.459 e. The van der Waals surface area contributed by atoms with Crippen molar-refractivity contribution in [2.75, 3.05) is 22.9 Å². The fourth-order valence-electron chi connectivity index (χ4n) is 2.40. The van der Waals surface area contributed by atoms with E-state index in [-0.39, 0.29) is 29.1 Å². The standard InChI is InChI=1S/C19H19N5O4S2/c1-11-5-6-13(12(2)8-11)21-16(26)10-29-19-24-23-18(30-19)22-15(25)9-20-17(27)14-4-3-7-28-14/h3-8H,9-10H2,1-2H3,(H,20,27)(H,21,26)(H,22,23,25). The normalized spacial score (nSPS) is 10.5. The molecule has 0 radical (unpaired) electrons. The Bertz CT molecular complexity index is 1050. The molecule has 156 valence electrons. The molecule has 0 saturated carbocycles. The summed E-state index contributed by atoms with van der Waals surface area (Å²) in [6.45, 7) is 3.69. The van der Waals surface area contributed by atoms with Crippen LogP contribution in [0.1, 0.15) is 21.7 Å². The lowest BCUT2D eigenvalue weighted by Crippen LogP contribution is -2.32. The van der Waals surface area contributed by atoms with Crippen LogP contribution in [0.4, 0.5) is 10.8 Å². The van der Waals surface area contributed by atoms with Crippen molar-refractivity contribution in [2.45, 2.75) is 18.2 Å². The average Bonchev–Trinajstić information content (AvgIpc) is 3.39. The zero-order valence-electron chi connectivity index (χ0n) is 16.2. The van der Waals surface area contributed by atoms with Gasteiger partial charge >= 0.3 is 0 Å². The summed E-state index contributed by atoms with van der Waals surface area (Å²) < 4.78 is 5.49. The predicted octanol–water partition coefficient (Wildman–Crippen LogP) is 2.85. The summed E-state index contributed by atoms with van der Waals surface area (Å²) in [4.78, 5) is 35.8. The number of carbonyl (C=O) groups is 3. The van der Waals surface area contributed by atoms with E-state index in [0.29, 0.717) is 4.34 Å². The zero-order valence-corrected chi connectivity index (χ0v) is 17.9. The number of nitrogens with one attached hydrogen (secondary N) is 3. The van der Waals surface area contributed by atoms with Crippen LogP contribution in [0.5, 0.6) is 0 Å². The molecule has 0 bridgehead atoms. The highest BCUT2D eigenvalue weighted by Crippen LogP contribution is 2.25. The van der Waals surface area contributed by atoms with E-state index >= 15 is 0 Å². The maximum absolute atomic E-state index is 12.2. The topological polar surface area (TPSA) is 126 Å². The van der Waals surface area contributed by atoms with Gasteiger partial charge in [0, 0.05) is 5.69 Å². The van der Waals surface area contributed by atoms with Crippen molar-refractivity contribution < 1.29 is 18.8 Å². The molecule has 2 heterocycles. The first-order valence-corrected chi connectivity index (χ1v) is 10.7. The van der Waals surface area contributed by atoms with Crippen LogP contribution in [0.2, 0.25) is 0 Å². The summed E-state index contributed by atoms with van der Waals surface area (Å²) in [5.74, 6) is -0.812. The summed E-state index contributed by atoms with van der Waals surface area (Å²) >= 11 is 2.36. The highest BCUT2D eigenvalue weighted by molar-refractivity contribution is 8.01. The number of amides is 3. The maximum Gasteiger partial charge on any atom is 0.287 e. The van der Waals surface area contributed by atoms with Crippen LogP contribution in [0.15, 0.2) is 45.4 Å². The van der Waals surface area contributed by atoms with E-state index < -0.39 is 11.8 Å². The lowest BCUT2D eigenvalue weighted by molar-refractivity contribution is -0.115. The minimum absolute atomic E-state index is 0.122. The van der Waals surface area contributed by atoms with Crippen molar-refractivity contribution in [2.24, 2.45) is 0 Å². The zero-order chi connectivity index (χ0) is 21.5. The van der Waals surface area contributed by atoms with Gasteiger partial charge in [-0.15, -0.1) is 10.2 Å². The number of hydrogen-bond donors (Lipinski definition) is 3. The number of aryl methyl sites for hydroxylation is 2. The minimum atomic E-state index is -0.488. The van der Waals surface area contributed by atoms with Gasteiger partial charge in [-0.3, -0.25) is 19.7 Å². The van der Waals surface area contributed by atoms with Gasteiger partial charge in [0.1, 0.15) is 0 Å². The SMILES string of the molecule is Cc1ccc(NC(=O)CSc2nnc(NC(=O)CNC(=O)c3ccco3)s2)c(C)c1. The van der Waals surface area contributed by atoms with Crippen LogP contribution in [0, 0.1) is 13.8 Å². The highest BCUT2D eigenvalue weighted by atomic mass is 32.2. The number of rotatable bonds is 8. The third-order valence-electron chi connectivity index (χ3n) is 3.79. The molecular formula is C19H19N5O4S2. The molecule has 0 aliphatic heterocycles. The molecule has 9 nitrogen and oxygen atoms in total. The molecule has 0 atom stereocenters. The lowest BCUT2D eigenvalue weighted by atomic mass is 10.1. The number of nitrogens with zero attached hydrogens (tertiary/aromatic N) is 2. The van der Waals surface area contributed by atoms with Crippen molar-refractivity contribution >= 4 is 51.6 Å². The second kappa shape index (κ2) is 10.0. The summed E-state index contributed by atoms with van der Waals surface area (Å²) in [5.41, 5.74) is 2.89. The van der Waals surface area contributed by atoms with Crippen LogP contribution in [0.3, 0.4) is 0 Å². The third-order valence-corrected chi connectivity index (χ3v) is 5.76. The molecular weight excluding hydrogens is 426 g/mol. The monoisotopic (exact) mass is 445 g/mol. The summed E-state index contributed by atoms with van der Waals surface area (Å²) in [5, 5.41) is 16.0. The first-order chi connectivity index (χ1) is 14.4. The summed E-state index contributed by atoms with van der Waals surface area (Å²) in [6, 6.07) is 8.89. The average molecular weight is 446 g/mol. The van der Waals surface area contributed by atoms with Gasteiger partial charge in [0.2, 0.25) is 16.9 Å². The molecule has 1 aromatic carbocycles. The van der Waals surface area contributed by atoms with Crippen molar-refractivity contribution in [3.05, 3.63) is 53.5 Å². The number of carbonyl (C=O) groups excluding carboxylic acids is 3. The first-order valence-electron chi connectivity index (χ1n) is 8.85. The molecule has 0 spiro atoms. The number of hydrogen-bond acceptors (Lipinski definition) is 8. The third kappa shape index (κ3) is 6.16. The van der Waals surface area contributed by atoms with Gasteiger partial charge < -0.3 is 15.1 Å². The van der Waals surface area contributed by atoms with Gasteiger partial charge in [0.25, 0.3) is 5.91 Å². The Morgan fingerprint density at radius 1 is 1.10 bits per heavy atom. The number of furan rings is 1. The lowest BCUT2D eigenvalue weighted by Gasteiger charge is -2.08. The second-order valence-electron chi connectivity index (χ2n) is 6.24. The Labute approximate surface area is 180 Å². The van der Waals surface area contributed by atoms with Gasteiger partial charge in [-0.05, 0) is 37.6 Å². The molecule has 30 heavy (non-hydrogen) atoms. The quantitative estimate of drug-likeness (QED) is 0.359. The highest BCUT2D eigenvalue weighted by Gasteiger charge is 2.13. The van der Waals surface area contributed by atoms with E-state index in [9.17, 15) is 14.4 Å². The van der Waals surface area contributed by atoms with Crippen molar-refractivity contribution in [1.82, 2.24) is 15.5 Å². The Kier molecular flexibility index (Phi) is 7.20. The number of anilines is 2. The van der Waals surface area contributed by atoms with Gasteiger partial charge in [0.15, 0.2) is 10.1 Å². The van der Waals surface area contributed by atoms with Crippen LogP contribution in [-0.4, -0.2) is 40.2 Å². The van der Waals surface area contributed by atoms with E-state index in [4.69, 9.17) is 4.42 Å². The number of aromatic nitrogens is 2.